The second-order valence-corrected chi connectivity index (χ2v) is 8.96. The third kappa shape index (κ3) is 5.70. The molecule has 4 aromatic rings. The fourth-order valence-electron chi connectivity index (χ4n) is 4.42. The summed E-state index contributed by atoms with van der Waals surface area (Å²) in [5.41, 5.74) is 4.86. The van der Waals surface area contributed by atoms with Gasteiger partial charge in [0.05, 0.1) is 47.9 Å². The second kappa shape index (κ2) is 10.1. The van der Waals surface area contributed by atoms with Crippen LogP contribution in [0, 0.1) is 6.92 Å². The highest BCUT2D eigenvalue weighted by molar-refractivity contribution is 5.67. The van der Waals surface area contributed by atoms with E-state index in [2.05, 4.69) is 35.9 Å². The normalized spacial score (nSPS) is 18.3. The predicted octanol–water partition coefficient (Wildman–Crippen LogP) is 4.51. The summed E-state index contributed by atoms with van der Waals surface area (Å²) in [5.74, 6) is 0.493. The van der Waals surface area contributed by atoms with Gasteiger partial charge in [-0.15, -0.1) is 0 Å². The van der Waals surface area contributed by atoms with Gasteiger partial charge in [-0.3, -0.25) is 4.40 Å². The Morgan fingerprint density at radius 3 is 2.44 bits per heavy atom. The van der Waals surface area contributed by atoms with Crippen LogP contribution in [0.3, 0.4) is 0 Å². The van der Waals surface area contributed by atoms with Gasteiger partial charge in [0.1, 0.15) is 12.0 Å². The Morgan fingerprint density at radius 2 is 1.69 bits per heavy atom. The molecule has 1 aliphatic carbocycles. The molecule has 36 heavy (non-hydrogen) atoms. The minimum absolute atomic E-state index is 0.107. The summed E-state index contributed by atoms with van der Waals surface area (Å²) in [6, 6.07) is 3.83. The molecular formula is C24H26F3N9. The zero-order chi connectivity index (χ0) is 25.1. The SMILES string of the molecule is Cc1cnc(NC2CCC(NCC(F)(F)F)CC2)nc1-c1cnc2ccc(Nc3cncnc3)cn12. The average molecular weight is 498 g/mol. The molecular weight excluding hydrogens is 471 g/mol. The van der Waals surface area contributed by atoms with Crippen LogP contribution in [0.2, 0.25) is 0 Å². The van der Waals surface area contributed by atoms with Gasteiger partial charge < -0.3 is 16.0 Å². The van der Waals surface area contributed by atoms with Gasteiger partial charge in [-0.1, -0.05) is 0 Å². The maximum absolute atomic E-state index is 12.5. The molecule has 0 amide bonds. The zero-order valence-corrected chi connectivity index (χ0v) is 19.6. The number of anilines is 3. The number of fused-ring (bicyclic) bond motifs is 1. The first-order valence-corrected chi connectivity index (χ1v) is 11.7. The molecule has 0 spiro atoms. The molecule has 0 unspecified atom stereocenters. The van der Waals surface area contributed by atoms with E-state index in [0.29, 0.717) is 18.8 Å². The summed E-state index contributed by atoms with van der Waals surface area (Å²) in [7, 11) is 0. The standard InChI is InChI=1S/C24H26F3N9/c1-15-8-31-23(34-17-4-2-16(3-5-17)32-13-24(25,26)27)35-22(15)20-11-30-21-7-6-18(12-36(20)21)33-19-9-28-14-29-10-19/h6-12,14,16-17,32-33H,2-5,13H2,1H3,(H,31,34,35). The number of alkyl halides is 3. The molecule has 9 nitrogen and oxygen atoms in total. The van der Waals surface area contributed by atoms with Gasteiger partial charge in [0, 0.05) is 24.5 Å². The van der Waals surface area contributed by atoms with Gasteiger partial charge in [-0.25, -0.2) is 24.9 Å². The number of pyridine rings is 1. The number of hydrogen-bond acceptors (Lipinski definition) is 8. The minimum atomic E-state index is -4.19. The summed E-state index contributed by atoms with van der Waals surface area (Å²) >= 11 is 0. The number of imidazole rings is 1. The molecule has 0 aromatic carbocycles. The number of nitrogens with one attached hydrogen (secondary N) is 3. The lowest BCUT2D eigenvalue weighted by atomic mass is 9.91. The fraction of sp³-hybridized carbons (Fsp3) is 0.375. The van der Waals surface area contributed by atoms with Gasteiger partial charge in [0.25, 0.3) is 0 Å². The molecule has 0 radical (unpaired) electrons. The Balaban J connectivity index is 1.30. The molecule has 3 N–H and O–H groups in total. The molecule has 4 aromatic heterocycles. The molecule has 0 saturated heterocycles. The van der Waals surface area contributed by atoms with Crippen LogP contribution in [-0.2, 0) is 0 Å². The van der Waals surface area contributed by atoms with Crippen molar-refractivity contribution in [3.8, 4) is 11.4 Å². The number of nitrogens with zero attached hydrogens (tertiary/aromatic N) is 6. The van der Waals surface area contributed by atoms with Crippen molar-refractivity contribution in [2.24, 2.45) is 0 Å². The summed E-state index contributed by atoms with van der Waals surface area (Å²) in [5, 5.41) is 9.26. The molecule has 0 aliphatic heterocycles. The fourth-order valence-corrected chi connectivity index (χ4v) is 4.42. The molecule has 4 heterocycles. The maximum Gasteiger partial charge on any atom is 0.401 e. The first-order chi connectivity index (χ1) is 17.3. The first kappa shape index (κ1) is 23.9. The van der Waals surface area contributed by atoms with Crippen LogP contribution in [0.1, 0.15) is 31.2 Å². The van der Waals surface area contributed by atoms with Crippen LogP contribution >= 0.6 is 0 Å². The van der Waals surface area contributed by atoms with Crippen molar-refractivity contribution >= 4 is 23.0 Å². The van der Waals surface area contributed by atoms with Gasteiger partial charge in [0.2, 0.25) is 5.95 Å². The van der Waals surface area contributed by atoms with E-state index in [1.807, 2.05) is 29.7 Å². The number of rotatable bonds is 7. The van der Waals surface area contributed by atoms with Crippen molar-refractivity contribution in [1.82, 2.24) is 34.6 Å². The van der Waals surface area contributed by atoms with Gasteiger partial charge in [0.15, 0.2) is 0 Å². The average Bonchev–Trinajstić information content (AvgIpc) is 3.28. The van der Waals surface area contributed by atoms with Crippen LogP contribution in [0.15, 0.2) is 49.4 Å². The minimum Gasteiger partial charge on any atom is -0.352 e. The van der Waals surface area contributed by atoms with E-state index in [4.69, 9.17) is 4.98 Å². The Kier molecular flexibility index (Phi) is 6.68. The van der Waals surface area contributed by atoms with Crippen molar-refractivity contribution in [2.75, 3.05) is 17.2 Å². The van der Waals surface area contributed by atoms with Crippen LogP contribution in [0.5, 0.6) is 0 Å². The van der Waals surface area contributed by atoms with E-state index in [0.717, 1.165) is 46.8 Å². The first-order valence-electron chi connectivity index (χ1n) is 11.7. The van der Waals surface area contributed by atoms with Crippen molar-refractivity contribution < 1.29 is 13.2 Å². The van der Waals surface area contributed by atoms with Gasteiger partial charge in [-0.2, -0.15) is 13.2 Å². The van der Waals surface area contributed by atoms with Gasteiger partial charge in [-0.05, 0) is 50.3 Å². The largest absolute Gasteiger partial charge is 0.401 e. The van der Waals surface area contributed by atoms with E-state index < -0.39 is 12.7 Å². The topological polar surface area (TPSA) is 105 Å². The van der Waals surface area contributed by atoms with E-state index >= 15 is 0 Å². The highest BCUT2D eigenvalue weighted by Crippen LogP contribution is 2.27. The lowest BCUT2D eigenvalue weighted by Gasteiger charge is -2.30. The smallest absolute Gasteiger partial charge is 0.352 e. The molecule has 1 aliphatic rings. The van der Waals surface area contributed by atoms with Gasteiger partial charge >= 0.3 is 6.18 Å². The number of halogens is 3. The number of aryl methyl sites for hydroxylation is 1. The molecule has 1 saturated carbocycles. The van der Waals surface area contributed by atoms with Crippen LogP contribution in [0.4, 0.5) is 30.5 Å². The summed E-state index contributed by atoms with van der Waals surface area (Å²) in [6.45, 7) is 0.995. The highest BCUT2D eigenvalue weighted by Gasteiger charge is 2.29. The summed E-state index contributed by atoms with van der Waals surface area (Å²) < 4.78 is 39.4. The van der Waals surface area contributed by atoms with E-state index in [-0.39, 0.29) is 12.1 Å². The van der Waals surface area contributed by atoms with Crippen molar-refractivity contribution in [2.45, 2.75) is 50.9 Å². The second-order valence-electron chi connectivity index (χ2n) is 8.96. The molecule has 0 atom stereocenters. The number of aromatic nitrogens is 6. The van der Waals surface area contributed by atoms with Crippen molar-refractivity contribution in [3.63, 3.8) is 0 Å². The number of hydrogen-bond donors (Lipinski definition) is 3. The third-order valence-corrected chi connectivity index (χ3v) is 6.22. The van der Waals surface area contributed by atoms with E-state index in [1.165, 1.54) is 6.33 Å². The molecule has 12 heteroatoms. The summed E-state index contributed by atoms with van der Waals surface area (Å²) in [6.07, 6.45) is 8.99. The highest BCUT2D eigenvalue weighted by atomic mass is 19.4. The molecule has 1 fully saturated rings. The molecule has 5 rings (SSSR count). The van der Waals surface area contributed by atoms with E-state index in [9.17, 15) is 13.2 Å². The van der Waals surface area contributed by atoms with Crippen LogP contribution in [-0.4, -0.2) is 54.1 Å². The monoisotopic (exact) mass is 497 g/mol. The molecule has 0 bridgehead atoms. The van der Waals surface area contributed by atoms with Crippen LogP contribution in [0.25, 0.3) is 17.0 Å². The van der Waals surface area contributed by atoms with Crippen molar-refractivity contribution in [3.05, 3.63) is 55.0 Å². The van der Waals surface area contributed by atoms with E-state index in [1.54, 1.807) is 24.8 Å². The molecule has 188 valence electrons. The Labute approximate surface area is 205 Å². The Hall–Kier alpha value is -3.80. The predicted molar refractivity (Wildman–Crippen MR) is 130 cm³/mol. The maximum atomic E-state index is 12.5. The zero-order valence-electron chi connectivity index (χ0n) is 19.6. The lowest BCUT2D eigenvalue weighted by molar-refractivity contribution is -0.126. The Morgan fingerprint density at radius 1 is 0.944 bits per heavy atom. The third-order valence-electron chi connectivity index (χ3n) is 6.22. The summed E-state index contributed by atoms with van der Waals surface area (Å²) in [4.78, 5) is 21.8. The quantitative estimate of drug-likeness (QED) is 0.343. The lowest BCUT2D eigenvalue weighted by Crippen LogP contribution is -2.41. The van der Waals surface area contributed by atoms with Crippen LogP contribution < -0.4 is 16.0 Å². The van der Waals surface area contributed by atoms with Crippen molar-refractivity contribution in [1.29, 1.82) is 0 Å². The Bertz CT molecular complexity index is 1320.